The fourth-order valence-corrected chi connectivity index (χ4v) is 3.32. The van der Waals surface area contributed by atoms with E-state index in [1.54, 1.807) is 12.1 Å². The van der Waals surface area contributed by atoms with E-state index in [2.05, 4.69) is 26.8 Å². The number of rotatable bonds is 6. The molecular weight excluding hydrogens is 352 g/mol. The van der Waals surface area contributed by atoms with Crippen LogP contribution in [0.5, 0.6) is 11.5 Å². The summed E-state index contributed by atoms with van der Waals surface area (Å²) < 4.78 is 11.8. The Morgan fingerprint density at radius 3 is 2.36 bits per heavy atom. The number of carboxylic acids is 1. The van der Waals surface area contributed by atoms with Crippen molar-refractivity contribution in [2.24, 2.45) is 0 Å². The molecule has 1 N–H and O–H groups in total. The van der Waals surface area contributed by atoms with Crippen molar-refractivity contribution in [3.05, 3.63) is 71.3 Å². The molecule has 0 aliphatic carbocycles. The van der Waals surface area contributed by atoms with Crippen LogP contribution in [0, 0.1) is 6.92 Å². The van der Waals surface area contributed by atoms with Gasteiger partial charge < -0.3 is 14.6 Å². The molecule has 4 nitrogen and oxygen atoms in total. The standard InChI is InChI=1S/C24H26O4/c1-16-8-7-11-19(24(2,3)4)22(16)28-15-14-27-20-13-12-17-9-5-6-10-18(17)21(20)23(25)26/h5-13H,14-15H2,1-4H3,(H,25,26). The van der Waals surface area contributed by atoms with Crippen LogP contribution >= 0.6 is 0 Å². The molecule has 0 bridgehead atoms. The normalized spacial score (nSPS) is 11.4. The molecule has 0 heterocycles. The maximum atomic E-state index is 11.8. The van der Waals surface area contributed by atoms with Crippen LogP contribution in [0.3, 0.4) is 0 Å². The summed E-state index contributed by atoms with van der Waals surface area (Å²) in [5, 5.41) is 11.2. The lowest BCUT2D eigenvalue weighted by Gasteiger charge is -2.24. The molecule has 4 heteroatoms. The van der Waals surface area contributed by atoms with Crippen LogP contribution in [0.4, 0.5) is 0 Å². The lowest BCUT2D eigenvalue weighted by Crippen LogP contribution is -2.17. The predicted molar refractivity (Wildman–Crippen MR) is 112 cm³/mol. The second-order valence-electron chi connectivity index (χ2n) is 7.86. The minimum Gasteiger partial charge on any atom is -0.489 e. The van der Waals surface area contributed by atoms with Crippen LogP contribution < -0.4 is 9.47 Å². The average molecular weight is 378 g/mol. The first-order chi connectivity index (χ1) is 13.3. The first kappa shape index (κ1) is 19.7. The van der Waals surface area contributed by atoms with Crippen molar-refractivity contribution >= 4 is 16.7 Å². The molecule has 0 aromatic heterocycles. The summed E-state index contributed by atoms with van der Waals surface area (Å²) in [4.78, 5) is 11.8. The van der Waals surface area contributed by atoms with Gasteiger partial charge in [-0.15, -0.1) is 0 Å². The van der Waals surface area contributed by atoms with Crippen LogP contribution in [0.25, 0.3) is 10.8 Å². The largest absolute Gasteiger partial charge is 0.489 e. The summed E-state index contributed by atoms with van der Waals surface area (Å²) in [6.45, 7) is 9.08. The Kier molecular flexibility index (Phi) is 5.59. The third-order valence-electron chi connectivity index (χ3n) is 4.71. The predicted octanol–water partition coefficient (Wildman–Crippen LogP) is 5.60. The van der Waals surface area contributed by atoms with Gasteiger partial charge in [-0.3, -0.25) is 0 Å². The van der Waals surface area contributed by atoms with E-state index in [0.29, 0.717) is 17.7 Å². The van der Waals surface area contributed by atoms with Crippen LogP contribution in [-0.4, -0.2) is 24.3 Å². The highest BCUT2D eigenvalue weighted by atomic mass is 16.5. The number of aryl methyl sites for hydroxylation is 1. The van der Waals surface area contributed by atoms with Crippen LogP contribution in [0.2, 0.25) is 0 Å². The van der Waals surface area contributed by atoms with Gasteiger partial charge in [0.15, 0.2) is 0 Å². The number of ether oxygens (including phenoxy) is 2. The molecule has 146 valence electrons. The second kappa shape index (κ2) is 7.93. The van der Waals surface area contributed by atoms with Crippen LogP contribution in [0.1, 0.15) is 42.3 Å². The zero-order valence-electron chi connectivity index (χ0n) is 16.8. The molecule has 0 radical (unpaired) electrons. The maximum absolute atomic E-state index is 11.8. The molecule has 3 rings (SSSR count). The number of para-hydroxylation sites is 1. The van der Waals surface area contributed by atoms with Crippen molar-refractivity contribution in [3.63, 3.8) is 0 Å². The van der Waals surface area contributed by atoms with Crippen molar-refractivity contribution in [2.45, 2.75) is 33.1 Å². The molecule has 0 aliphatic rings. The molecule has 0 unspecified atom stereocenters. The van der Waals surface area contributed by atoms with E-state index in [-0.39, 0.29) is 17.6 Å². The number of carbonyl (C=O) groups is 1. The van der Waals surface area contributed by atoms with Crippen molar-refractivity contribution in [1.82, 2.24) is 0 Å². The SMILES string of the molecule is Cc1cccc(C(C)(C)C)c1OCCOc1ccc2ccccc2c1C(=O)O. The van der Waals surface area contributed by atoms with Gasteiger partial charge in [0, 0.05) is 0 Å². The van der Waals surface area contributed by atoms with E-state index in [1.807, 2.05) is 43.3 Å². The van der Waals surface area contributed by atoms with E-state index >= 15 is 0 Å². The first-order valence-corrected chi connectivity index (χ1v) is 9.40. The van der Waals surface area contributed by atoms with Gasteiger partial charge in [0.05, 0.1) is 0 Å². The lowest BCUT2D eigenvalue weighted by atomic mass is 9.85. The Balaban J connectivity index is 1.75. The van der Waals surface area contributed by atoms with Crippen molar-refractivity contribution < 1.29 is 19.4 Å². The van der Waals surface area contributed by atoms with E-state index in [9.17, 15) is 9.90 Å². The Morgan fingerprint density at radius 2 is 1.64 bits per heavy atom. The zero-order chi connectivity index (χ0) is 20.3. The minimum atomic E-state index is -0.998. The number of benzene rings is 3. The molecule has 28 heavy (non-hydrogen) atoms. The summed E-state index contributed by atoms with van der Waals surface area (Å²) in [7, 11) is 0. The van der Waals surface area contributed by atoms with Gasteiger partial charge in [0.2, 0.25) is 0 Å². The summed E-state index contributed by atoms with van der Waals surface area (Å²) in [5.74, 6) is 0.229. The zero-order valence-corrected chi connectivity index (χ0v) is 16.8. The summed E-state index contributed by atoms with van der Waals surface area (Å²) >= 11 is 0. The summed E-state index contributed by atoms with van der Waals surface area (Å²) in [6, 6.07) is 17.1. The van der Waals surface area contributed by atoms with Crippen LogP contribution in [0.15, 0.2) is 54.6 Å². The molecule has 3 aromatic carbocycles. The van der Waals surface area contributed by atoms with Crippen molar-refractivity contribution in [1.29, 1.82) is 0 Å². The van der Waals surface area contributed by atoms with Gasteiger partial charge in [0.1, 0.15) is 30.3 Å². The fourth-order valence-electron chi connectivity index (χ4n) is 3.32. The van der Waals surface area contributed by atoms with Gasteiger partial charge in [-0.25, -0.2) is 4.79 Å². The number of fused-ring (bicyclic) bond motifs is 1. The maximum Gasteiger partial charge on any atom is 0.340 e. The second-order valence-corrected chi connectivity index (χ2v) is 7.86. The molecule has 0 saturated heterocycles. The molecule has 0 atom stereocenters. The number of hydrogen-bond donors (Lipinski definition) is 1. The summed E-state index contributed by atoms with van der Waals surface area (Å²) in [5.41, 5.74) is 2.37. The number of hydrogen-bond acceptors (Lipinski definition) is 3. The fraction of sp³-hybridized carbons (Fsp3) is 0.292. The molecule has 0 aliphatic heterocycles. The minimum absolute atomic E-state index is 0.0307. The smallest absolute Gasteiger partial charge is 0.340 e. The average Bonchev–Trinajstić information content (AvgIpc) is 2.64. The van der Waals surface area contributed by atoms with Crippen LogP contribution in [-0.2, 0) is 5.41 Å². The van der Waals surface area contributed by atoms with Gasteiger partial charge >= 0.3 is 5.97 Å². The van der Waals surface area contributed by atoms with Crippen molar-refractivity contribution in [2.75, 3.05) is 13.2 Å². The molecule has 0 spiro atoms. The summed E-state index contributed by atoms with van der Waals surface area (Å²) in [6.07, 6.45) is 0. The van der Waals surface area contributed by atoms with E-state index in [1.165, 1.54) is 0 Å². The third kappa shape index (κ3) is 4.11. The highest BCUT2D eigenvalue weighted by molar-refractivity contribution is 6.06. The van der Waals surface area contributed by atoms with E-state index in [0.717, 1.165) is 22.3 Å². The first-order valence-electron chi connectivity index (χ1n) is 9.40. The van der Waals surface area contributed by atoms with Crippen molar-refractivity contribution in [3.8, 4) is 11.5 Å². The highest BCUT2D eigenvalue weighted by Crippen LogP contribution is 2.34. The van der Waals surface area contributed by atoms with Gasteiger partial charge in [0.25, 0.3) is 0 Å². The monoisotopic (exact) mass is 378 g/mol. The lowest BCUT2D eigenvalue weighted by molar-refractivity contribution is 0.0693. The van der Waals surface area contributed by atoms with E-state index < -0.39 is 5.97 Å². The Labute approximate surface area is 165 Å². The molecule has 0 saturated carbocycles. The van der Waals surface area contributed by atoms with Gasteiger partial charge in [-0.1, -0.05) is 69.3 Å². The van der Waals surface area contributed by atoms with Gasteiger partial charge in [-0.2, -0.15) is 0 Å². The Morgan fingerprint density at radius 1 is 0.929 bits per heavy atom. The van der Waals surface area contributed by atoms with E-state index in [4.69, 9.17) is 9.47 Å². The quantitative estimate of drug-likeness (QED) is 0.567. The molecule has 0 fully saturated rings. The topological polar surface area (TPSA) is 55.8 Å². The Hall–Kier alpha value is -3.01. The highest BCUT2D eigenvalue weighted by Gasteiger charge is 2.20. The molecular formula is C24H26O4. The van der Waals surface area contributed by atoms with Gasteiger partial charge in [-0.05, 0) is 40.3 Å². The number of carboxylic acid groups (broad SMARTS) is 1. The third-order valence-corrected chi connectivity index (χ3v) is 4.71. The Bertz CT molecular complexity index is 999. The molecule has 3 aromatic rings. The molecule has 0 amide bonds. The number of aromatic carboxylic acids is 1.